The van der Waals surface area contributed by atoms with Crippen molar-refractivity contribution in [2.45, 2.75) is 27.2 Å². The van der Waals surface area contributed by atoms with Gasteiger partial charge in [0.1, 0.15) is 0 Å². The quantitative estimate of drug-likeness (QED) is 0.527. The van der Waals surface area contributed by atoms with Crippen molar-refractivity contribution in [1.29, 1.82) is 0 Å². The maximum absolute atomic E-state index is 11.6. The Balaban J connectivity index is 2.24. The second-order valence-corrected chi connectivity index (χ2v) is 5.70. The molecule has 0 bridgehead atoms. The number of Topliss-reactive ketones (excluding diaryl/α,β-unsaturated/α-hetero) is 1. The molecule has 0 heterocycles. The Bertz CT molecular complexity index is 722. The van der Waals surface area contributed by atoms with Crippen LogP contribution in [0.2, 0.25) is 0 Å². The van der Waals surface area contributed by atoms with E-state index in [4.69, 9.17) is 0 Å². The van der Waals surface area contributed by atoms with Crippen molar-refractivity contribution < 1.29 is 4.79 Å². The van der Waals surface area contributed by atoms with Crippen LogP contribution in [0.3, 0.4) is 0 Å². The van der Waals surface area contributed by atoms with Crippen LogP contribution < -0.4 is 0 Å². The van der Waals surface area contributed by atoms with Gasteiger partial charge in [-0.1, -0.05) is 61.2 Å². The lowest BCUT2D eigenvalue weighted by Crippen LogP contribution is -2.19. The third-order valence-electron chi connectivity index (χ3n) is 3.98. The van der Waals surface area contributed by atoms with Crippen molar-refractivity contribution >= 4 is 11.4 Å². The van der Waals surface area contributed by atoms with Gasteiger partial charge >= 0.3 is 0 Å². The molecule has 1 aliphatic rings. The predicted octanol–water partition coefficient (Wildman–Crippen LogP) is 5.36. The standard InChI is InChI=1S/C21H22O/c1-6-7-18(13-20-16(4)21(22)17(20)5)12-15(3)19-10-8-14(2)9-11-19/h6-12H,3-4,13H2,1-2,5H3/b7-6-,18-12+. The van der Waals surface area contributed by atoms with Gasteiger partial charge < -0.3 is 0 Å². The number of hydrogen-bond donors (Lipinski definition) is 0. The number of ketones is 1. The number of carbonyl (C=O) groups is 1. The number of aryl methyl sites for hydroxylation is 1. The maximum Gasteiger partial charge on any atom is 0.188 e. The van der Waals surface area contributed by atoms with E-state index in [1.807, 2.05) is 19.9 Å². The van der Waals surface area contributed by atoms with Gasteiger partial charge in [0.2, 0.25) is 0 Å². The first kappa shape index (κ1) is 16.0. The van der Waals surface area contributed by atoms with Crippen LogP contribution in [0, 0.1) is 6.92 Å². The summed E-state index contributed by atoms with van der Waals surface area (Å²) in [7, 11) is 0. The summed E-state index contributed by atoms with van der Waals surface area (Å²) in [4.78, 5) is 11.6. The summed E-state index contributed by atoms with van der Waals surface area (Å²) in [6.45, 7) is 13.9. The molecule has 0 spiro atoms. The lowest BCUT2D eigenvalue weighted by molar-refractivity contribution is -0.113. The Hall–Kier alpha value is -2.41. The minimum atomic E-state index is 0.0900. The highest BCUT2D eigenvalue weighted by Crippen LogP contribution is 2.34. The molecule has 0 radical (unpaired) electrons. The molecule has 112 valence electrons. The van der Waals surface area contributed by atoms with E-state index in [1.165, 1.54) is 5.56 Å². The minimum absolute atomic E-state index is 0.0900. The predicted molar refractivity (Wildman–Crippen MR) is 94.6 cm³/mol. The van der Waals surface area contributed by atoms with Crippen LogP contribution in [0.25, 0.3) is 5.57 Å². The number of hydrogen-bond acceptors (Lipinski definition) is 1. The van der Waals surface area contributed by atoms with Crippen molar-refractivity contribution in [2.75, 3.05) is 0 Å². The summed E-state index contributed by atoms with van der Waals surface area (Å²) in [5.74, 6) is 0.0900. The van der Waals surface area contributed by atoms with E-state index < -0.39 is 0 Å². The van der Waals surface area contributed by atoms with Gasteiger partial charge in [0, 0.05) is 11.1 Å². The molecule has 0 N–H and O–H groups in total. The Kier molecular flexibility index (Phi) is 4.77. The highest BCUT2D eigenvalue weighted by atomic mass is 16.1. The van der Waals surface area contributed by atoms with Gasteiger partial charge in [0.05, 0.1) is 0 Å². The summed E-state index contributed by atoms with van der Waals surface area (Å²) < 4.78 is 0. The molecular weight excluding hydrogens is 268 g/mol. The van der Waals surface area contributed by atoms with Crippen molar-refractivity contribution in [3.05, 3.63) is 89.1 Å². The van der Waals surface area contributed by atoms with E-state index in [1.54, 1.807) is 0 Å². The third kappa shape index (κ3) is 3.25. The van der Waals surface area contributed by atoms with Crippen LogP contribution in [-0.4, -0.2) is 5.78 Å². The number of benzene rings is 1. The van der Waals surface area contributed by atoms with Crippen molar-refractivity contribution in [3.8, 4) is 0 Å². The first-order chi connectivity index (χ1) is 10.4. The van der Waals surface area contributed by atoms with Crippen LogP contribution in [0.4, 0.5) is 0 Å². The number of carbonyl (C=O) groups excluding carboxylic acids is 1. The van der Waals surface area contributed by atoms with Crippen LogP contribution in [-0.2, 0) is 4.79 Å². The SMILES string of the molecule is C=C1C(=O)C(C)=C1CC(/C=C\C)=C/C(=C)c1ccc(C)cc1. The zero-order valence-electron chi connectivity index (χ0n) is 13.6. The molecular formula is C21H22O. The summed E-state index contributed by atoms with van der Waals surface area (Å²) in [6.07, 6.45) is 6.88. The van der Waals surface area contributed by atoms with Gasteiger partial charge in [-0.15, -0.1) is 0 Å². The largest absolute Gasteiger partial charge is 0.289 e. The molecule has 1 nitrogen and oxygen atoms in total. The lowest BCUT2D eigenvalue weighted by Gasteiger charge is -2.23. The number of rotatable bonds is 5. The maximum atomic E-state index is 11.6. The Morgan fingerprint density at radius 3 is 2.36 bits per heavy atom. The van der Waals surface area contributed by atoms with Gasteiger partial charge in [-0.2, -0.15) is 0 Å². The fourth-order valence-corrected chi connectivity index (χ4v) is 2.55. The minimum Gasteiger partial charge on any atom is -0.289 e. The first-order valence-electron chi connectivity index (χ1n) is 7.47. The van der Waals surface area contributed by atoms with Crippen LogP contribution in [0.5, 0.6) is 0 Å². The highest BCUT2D eigenvalue weighted by Gasteiger charge is 2.27. The Morgan fingerprint density at radius 2 is 1.82 bits per heavy atom. The molecule has 22 heavy (non-hydrogen) atoms. The molecule has 0 saturated heterocycles. The Morgan fingerprint density at radius 1 is 1.18 bits per heavy atom. The number of allylic oxidation sites excluding steroid dienone is 8. The summed E-state index contributed by atoms with van der Waals surface area (Å²) >= 11 is 0. The summed E-state index contributed by atoms with van der Waals surface area (Å²) in [5, 5.41) is 0. The first-order valence-corrected chi connectivity index (χ1v) is 7.47. The van der Waals surface area contributed by atoms with Crippen LogP contribution in [0.1, 0.15) is 31.4 Å². The van der Waals surface area contributed by atoms with E-state index >= 15 is 0 Å². The molecule has 1 aromatic carbocycles. The topological polar surface area (TPSA) is 17.1 Å². The molecule has 0 aromatic heterocycles. The molecule has 0 aliphatic heterocycles. The van der Waals surface area contributed by atoms with Gasteiger partial charge in [-0.3, -0.25) is 4.79 Å². The molecule has 0 amide bonds. The van der Waals surface area contributed by atoms with E-state index in [9.17, 15) is 4.79 Å². The zero-order valence-corrected chi connectivity index (χ0v) is 13.6. The molecule has 2 rings (SSSR count). The van der Waals surface area contributed by atoms with Gasteiger partial charge in [-0.25, -0.2) is 0 Å². The second-order valence-electron chi connectivity index (χ2n) is 5.70. The fourth-order valence-electron chi connectivity index (χ4n) is 2.55. The normalized spacial score (nSPS) is 15.5. The molecule has 0 fully saturated rings. The lowest BCUT2D eigenvalue weighted by atomic mass is 9.79. The van der Waals surface area contributed by atoms with Crippen LogP contribution in [0.15, 0.2) is 77.9 Å². The van der Waals surface area contributed by atoms with E-state index in [0.29, 0.717) is 5.57 Å². The van der Waals surface area contributed by atoms with Gasteiger partial charge in [-0.05, 0) is 49.5 Å². The third-order valence-corrected chi connectivity index (χ3v) is 3.98. The molecule has 1 aliphatic carbocycles. The van der Waals surface area contributed by atoms with Gasteiger partial charge in [0.15, 0.2) is 5.78 Å². The van der Waals surface area contributed by atoms with E-state index in [2.05, 4.69) is 56.5 Å². The molecule has 0 atom stereocenters. The molecule has 1 heteroatoms. The van der Waals surface area contributed by atoms with Gasteiger partial charge in [0.25, 0.3) is 0 Å². The highest BCUT2D eigenvalue weighted by molar-refractivity contribution is 6.19. The second kappa shape index (κ2) is 6.57. The van der Waals surface area contributed by atoms with Crippen molar-refractivity contribution in [1.82, 2.24) is 0 Å². The molecule has 1 aromatic rings. The van der Waals surface area contributed by atoms with Crippen molar-refractivity contribution in [2.24, 2.45) is 0 Å². The van der Waals surface area contributed by atoms with Crippen molar-refractivity contribution in [3.63, 3.8) is 0 Å². The smallest absolute Gasteiger partial charge is 0.188 e. The average Bonchev–Trinajstić information content (AvgIpc) is 2.52. The van der Waals surface area contributed by atoms with E-state index in [-0.39, 0.29) is 5.78 Å². The Labute approximate surface area is 133 Å². The fraction of sp³-hybridized carbons (Fsp3) is 0.190. The van der Waals surface area contributed by atoms with Crippen LogP contribution >= 0.6 is 0 Å². The monoisotopic (exact) mass is 290 g/mol. The summed E-state index contributed by atoms with van der Waals surface area (Å²) in [6, 6.07) is 8.33. The molecule has 0 saturated carbocycles. The molecule has 0 unspecified atom stereocenters. The average molecular weight is 290 g/mol. The van der Waals surface area contributed by atoms with E-state index in [0.717, 1.165) is 34.3 Å². The zero-order chi connectivity index (χ0) is 16.3. The summed E-state index contributed by atoms with van der Waals surface area (Å²) in [5.41, 5.74) is 7.00.